The minimum Gasteiger partial charge on any atom is -0.482 e. The molecule has 0 bridgehead atoms. The zero-order chi connectivity index (χ0) is 23.7. The molecule has 172 valence electrons. The van der Waals surface area contributed by atoms with E-state index in [1.165, 1.54) is 39.0 Å². The van der Waals surface area contributed by atoms with Crippen LogP contribution in [0.2, 0.25) is 5.02 Å². The van der Waals surface area contributed by atoms with E-state index in [4.69, 9.17) is 16.3 Å². The van der Waals surface area contributed by atoms with Gasteiger partial charge in [-0.15, -0.1) is 0 Å². The second-order valence-electron chi connectivity index (χ2n) is 7.47. The van der Waals surface area contributed by atoms with E-state index in [0.29, 0.717) is 0 Å². The number of carbonyl (C=O) groups excluding carboxylic acids is 3. The number of nitro benzene ring substituents is 1. The third kappa shape index (κ3) is 4.58. The number of halogens is 2. The van der Waals surface area contributed by atoms with Crippen LogP contribution in [0.15, 0.2) is 36.4 Å². The Balaban J connectivity index is 1.42. The monoisotopic (exact) mass is 476 g/mol. The van der Waals surface area contributed by atoms with Crippen molar-refractivity contribution in [3.8, 4) is 5.75 Å². The van der Waals surface area contributed by atoms with Gasteiger partial charge in [0.2, 0.25) is 5.91 Å². The van der Waals surface area contributed by atoms with Crippen LogP contribution in [0.1, 0.15) is 10.4 Å². The van der Waals surface area contributed by atoms with E-state index in [2.05, 4.69) is 0 Å². The maximum absolute atomic E-state index is 13.2. The molecule has 0 radical (unpaired) electrons. The summed E-state index contributed by atoms with van der Waals surface area (Å²) in [5.74, 6) is -1.49. The van der Waals surface area contributed by atoms with Crippen molar-refractivity contribution < 1.29 is 28.4 Å². The highest BCUT2D eigenvalue weighted by molar-refractivity contribution is 6.33. The Labute approximate surface area is 192 Å². The van der Waals surface area contributed by atoms with Gasteiger partial charge >= 0.3 is 0 Å². The number of anilines is 1. The summed E-state index contributed by atoms with van der Waals surface area (Å²) in [6.45, 7) is 0.328. The zero-order valence-electron chi connectivity index (χ0n) is 17.2. The van der Waals surface area contributed by atoms with Crippen molar-refractivity contribution in [1.82, 2.24) is 9.80 Å². The number of benzene rings is 2. The van der Waals surface area contributed by atoms with Gasteiger partial charge in [-0.2, -0.15) is 0 Å². The summed E-state index contributed by atoms with van der Waals surface area (Å²) in [6, 6.07) is 7.39. The molecule has 0 atom stereocenters. The largest absolute Gasteiger partial charge is 0.482 e. The van der Waals surface area contributed by atoms with Crippen molar-refractivity contribution in [2.24, 2.45) is 0 Å². The predicted molar refractivity (Wildman–Crippen MR) is 115 cm³/mol. The summed E-state index contributed by atoms with van der Waals surface area (Å²) in [5.41, 5.74) is 0.111. The number of hydrogen-bond donors (Lipinski definition) is 0. The molecule has 2 aromatic rings. The molecule has 3 amide bonds. The standard InChI is InChI=1S/C21H18ClFN4O6/c22-16-9-13(23)1-3-15(16)21(30)25-7-5-24(6-8-25)19(28)11-26-17-10-14(27(31)32)2-4-18(17)33-12-20(26)29/h1-4,9-10H,5-8,11-12H2. The summed E-state index contributed by atoms with van der Waals surface area (Å²) in [7, 11) is 0. The maximum atomic E-state index is 13.2. The minimum absolute atomic E-state index is 0.0112. The lowest BCUT2D eigenvalue weighted by molar-refractivity contribution is -0.384. The van der Waals surface area contributed by atoms with Crippen LogP contribution < -0.4 is 9.64 Å². The molecule has 33 heavy (non-hydrogen) atoms. The van der Waals surface area contributed by atoms with Crippen LogP contribution in [0, 0.1) is 15.9 Å². The maximum Gasteiger partial charge on any atom is 0.271 e. The van der Waals surface area contributed by atoms with Crippen LogP contribution in [0.3, 0.4) is 0 Å². The van der Waals surface area contributed by atoms with Crippen molar-refractivity contribution in [1.29, 1.82) is 0 Å². The summed E-state index contributed by atoms with van der Waals surface area (Å²) in [4.78, 5) is 52.6. The van der Waals surface area contributed by atoms with Crippen molar-refractivity contribution in [3.05, 3.63) is 62.9 Å². The summed E-state index contributed by atoms with van der Waals surface area (Å²) < 4.78 is 18.6. The van der Waals surface area contributed by atoms with Gasteiger partial charge < -0.3 is 14.5 Å². The Hall–Kier alpha value is -3.73. The van der Waals surface area contributed by atoms with E-state index in [1.54, 1.807) is 0 Å². The number of nitrogens with zero attached hydrogens (tertiary/aromatic N) is 4. The molecule has 2 aromatic carbocycles. The molecule has 1 fully saturated rings. The van der Waals surface area contributed by atoms with Gasteiger partial charge in [0.1, 0.15) is 18.1 Å². The predicted octanol–water partition coefficient (Wildman–Crippen LogP) is 2.10. The SMILES string of the molecule is O=C(CN1C(=O)COc2ccc([N+](=O)[O-])cc21)N1CCN(C(=O)c2ccc(F)cc2Cl)CC1. The Kier molecular flexibility index (Phi) is 6.14. The van der Waals surface area contributed by atoms with Crippen LogP contribution >= 0.6 is 11.6 Å². The Morgan fingerprint density at radius 3 is 2.45 bits per heavy atom. The lowest BCUT2D eigenvalue weighted by Crippen LogP contribution is -2.54. The first-order valence-corrected chi connectivity index (χ1v) is 10.4. The molecule has 0 aliphatic carbocycles. The van der Waals surface area contributed by atoms with Crippen molar-refractivity contribution in [3.63, 3.8) is 0 Å². The number of carbonyl (C=O) groups is 3. The minimum atomic E-state index is -0.594. The fourth-order valence-corrected chi connectivity index (χ4v) is 3.95. The highest BCUT2D eigenvalue weighted by atomic mass is 35.5. The van der Waals surface area contributed by atoms with Gasteiger partial charge in [-0.05, 0) is 24.3 Å². The molecule has 12 heteroatoms. The molecule has 1 saturated heterocycles. The topological polar surface area (TPSA) is 113 Å². The zero-order valence-corrected chi connectivity index (χ0v) is 18.0. The van der Waals surface area contributed by atoms with Gasteiger partial charge in [0, 0.05) is 38.3 Å². The average Bonchev–Trinajstić information content (AvgIpc) is 2.80. The summed E-state index contributed by atoms with van der Waals surface area (Å²) >= 11 is 5.97. The summed E-state index contributed by atoms with van der Waals surface area (Å²) in [5, 5.41) is 11.1. The molecule has 2 aliphatic rings. The first kappa shape index (κ1) is 22.5. The number of non-ortho nitro benzene ring substituents is 1. The van der Waals surface area contributed by atoms with Crippen LogP contribution in [0.5, 0.6) is 5.75 Å². The van der Waals surface area contributed by atoms with Gasteiger partial charge in [0.25, 0.3) is 17.5 Å². The lowest BCUT2D eigenvalue weighted by atomic mass is 10.1. The number of rotatable bonds is 4. The third-order valence-electron chi connectivity index (χ3n) is 5.47. The van der Waals surface area contributed by atoms with E-state index in [0.717, 1.165) is 12.1 Å². The number of piperazine rings is 1. The fraction of sp³-hybridized carbons (Fsp3) is 0.286. The van der Waals surface area contributed by atoms with E-state index < -0.39 is 16.6 Å². The molecule has 0 N–H and O–H groups in total. The average molecular weight is 477 g/mol. The molecule has 0 unspecified atom stereocenters. The quantitative estimate of drug-likeness (QED) is 0.493. The van der Waals surface area contributed by atoms with Crippen molar-refractivity contribution >= 4 is 40.7 Å². The number of hydrogen-bond acceptors (Lipinski definition) is 6. The van der Waals surface area contributed by atoms with Gasteiger partial charge in [-0.25, -0.2) is 4.39 Å². The van der Waals surface area contributed by atoms with Crippen molar-refractivity contribution in [2.45, 2.75) is 0 Å². The first-order chi connectivity index (χ1) is 15.7. The molecule has 2 heterocycles. The number of fused-ring (bicyclic) bond motifs is 1. The van der Waals surface area contributed by atoms with Gasteiger partial charge in [-0.1, -0.05) is 11.6 Å². The molecule has 2 aliphatic heterocycles. The van der Waals surface area contributed by atoms with Crippen molar-refractivity contribution in [2.75, 3.05) is 44.2 Å². The van der Waals surface area contributed by atoms with Gasteiger partial charge in [0.05, 0.1) is 21.2 Å². The molecular formula is C21H18ClFN4O6. The highest BCUT2D eigenvalue weighted by Gasteiger charge is 2.32. The third-order valence-corrected chi connectivity index (χ3v) is 5.78. The number of nitro groups is 1. The Bertz CT molecular complexity index is 1150. The van der Waals surface area contributed by atoms with E-state index in [-0.39, 0.29) is 78.9 Å². The van der Waals surface area contributed by atoms with E-state index in [1.807, 2.05) is 0 Å². The van der Waals surface area contributed by atoms with Crippen LogP contribution in [-0.4, -0.2) is 71.8 Å². The number of ether oxygens (including phenoxy) is 1. The second kappa shape index (κ2) is 9.02. The molecular weight excluding hydrogens is 459 g/mol. The molecule has 0 aromatic heterocycles. The van der Waals surface area contributed by atoms with Crippen LogP contribution in [-0.2, 0) is 9.59 Å². The van der Waals surface area contributed by atoms with Gasteiger partial charge in [-0.3, -0.25) is 29.4 Å². The smallest absolute Gasteiger partial charge is 0.271 e. The second-order valence-corrected chi connectivity index (χ2v) is 7.88. The Morgan fingerprint density at radius 2 is 1.79 bits per heavy atom. The van der Waals surface area contributed by atoms with Crippen LogP contribution in [0.4, 0.5) is 15.8 Å². The van der Waals surface area contributed by atoms with E-state index >= 15 is 0 Å². The summed E-state index contributed by atoms with van der Waals surface area (Å²) in [6.07, 6.45) is 0. The lowest BCUT2D eigenvalue weighted by Gasteiger charge is -2.36. The first-order valence-electron chi connectivity index (χ1n) is 9.98. The normalized spacial score (nSPS) is 15.7. The molecule has 0 spiro atoms. The highest BCUT2D eigenvalue weighted by Crippen LogP contribution is 2.35. The number of amides is 3. The Morgan fingerprint density at radius 1 is 1.09 bits per heavy atom. The molecule has 4 rings (SSSR count). The van der Waals surface area contributed by atoms with Crippen LogP contribution in [0.25, 0.3) is 0 Å². The van der Waals surface area contributed by atoms with Gasteiger partial charge in [0.15, 0.2) is 6.61 Å². The van der Waals surface area contributed by atoms with E-state index in [9.17, 15) is 28.9 Å². The molecule has 10 nitrogen and oxygen atoms in total. The molecule has 0 saturated carbocycles. The fourth-order valence-electron chi connectivity index (χ4n) is 3.70.